The molecule has 3 heterocycles. The van der Waals surface area contributed by atoms with Gasteiger partial charge in [0.2, 0.25) is 5.91 Å². The maximum atomic E-state index is 13.0. The van der Waals surface area contributed by atoms with Crippen LogP contribution in [0.15, 0.2) is 71.3 Å². The Labute approximate surface area is 186 Å². The smallest absolute Gasteiger partial charge is 0.257 e. The predicted octanol–water partition coefficient (Wildman–Crippen LogP) is 5.23. The van der Waals surface area contributed by atoms with E-state index < -0.39 is 0 Å². The Morgan fingerprint density at radius 2 is 1.97 bits per heavy atom. The highest BCUT2D eigenvalue weighted by Crippen LogP contribution is 2.27. The van der Waals surface area contributed by atoms with Crippen molar-refractivity contribution < 1.29 is 14.0 Å². The third-order valence-electron chi connectivity index (χ3n) is 6.14. The van der Waals surface area contributed by atoms with Crippen LogP contribution in [0, 0.1) is 12.8 Å². The first-order valence-corrected chi connectivity index (χ1v) is 10.9. The highest BCUT2D eigenvalue weighted by Gasteiger charge is 2.30. The second kappa shape index (κ2) is 8.38. The van der Waals surface area contributed by atoms with Gasteiger partial charge in [-0.3, -0.25) is 9.59 Å². The van der Waals surface area contributed by atoms with E-state index in [9.17, 15) is 9.59 Å². The van der Waals surface area contributed by atoms with Crippen molar-refractivity contribution in [1.29, 1.82) is 0 Å². The number of anilines is 1. The second-order valence-electron chi connectivity index (χ2n) is 8.32. The molecule has 5 rings (SSSR count). The van der Waals surface area contributed by atoms with Gasteiger partial charge in [0.1, 0.15) is 5.76 Å². The van der Waals surface area contributed by atoms with Crippen LogP contribution in [0.25, 0.3) is 22.2 Å². The van der Waals surface area contributed by atoms with Crippen molar-refractivity contribution in [3.63, 3.8) is 0 Å². The fourth-order valence-electron chi connectivity index (χ4n) is 4.39. The molecule has 0 spiro atoms. The lowest BCUT2D eigenvalue weighted by Crippen LogP contribution is -2.43. The molecule has 0 radical (unpaired) electrons. The predicted molar refractivity (Wildman–Crippen MR) is 124 cm³/mol. The van der Waals surface area contributed by atoms with Gasteiger partial charge in [0.25, 0.3) is 5.91 Å². The monoisotopic (exact) mass is 427 g/mol. The third kappa shape index (κ3) is 3.91. The second-order valence-corrected chi connectivity index (χ2v) is 8.32. The summed E-state index contributed by atoms with van der Waals surface area (Å²) in [5.41, 5.74) is 4.41. The number of nitrogens with one attached hydrogen (secondary N) is 2. The summed E-state index contributed by atoms with van der Waals surface area (Å²) in [5, 5.41) is 4.20. The molecule has 6 heteroatoms. The standard InChI is InChI=1S/C26H25N3O3/c1-17-22(11-13-32-17)26(31)29-12-5-8-20(16-29)25(30)27-21-9-4-7-18(14-21)24-15-19-6-2-3-10-23(19)28-24/h2-4,6-7,9-11,13-15,20,28H,5,8,12,16H2,1H3,(H,27,30). The number of rotatable bonds is 4. The zero-order chi connectivity index (χ0) is 22.1. The molecule has 2 aromatic carbocycles. The number of piperidine rings is 1. The first-order valence-electron chi connectivity index (χ1n) is 10.9. The van der Waals surface area contributed by atoms with E-state index in [1.165, 1.54) is 6.26 Å². The summed E-state index contributed by atoms with van der Waals surface area (Å²) in [5.74, 6) is 0.238. The Kier molecular flexibility index (Phi) is 5.27. The number of hydrogen-bond acceptors (Lipinski definition) is 3. The van der Waals surface area contributed by atoms with E-state index in [0.717, 1.165) is 40.7 Å². The number of amides is 2. The van der Waals surface area contributed by atoms with Crippen molar-refractivity contribution in [2.45, 2.75) is 19.8 Å². The van der Waals surface area contributed by atoms with Crippen LogP contribution in [0.5, 0.6) is 0 Å². The van der Waals surface area contributed by atoms with Crippen LogP contribution < -0.4 is 5.32 Å². The molecule has 0 saturated carbocycles. The molecule has 1 fully saturated rings. The molecule has 6 nitrogen and oxygen atoms in total. The average molecular weight is 428 g/mol. The molecule has 1 saturated heterocycles. The van der Waals surface area contributed by atoms with E-state index in [-0.39, 0.29) is 17.7 Å². The zero-order valence-electron chi connectivity index (χ0n) is 17.9. The Morgan fingerprint density at radius 3 is 2.78 bits per heavy atom. The van der Waals surface area contributed by atoms with Gasteiger partial charge in [-0.2, -0.15) is 0 Å². The normalized spacial score (nSPS) is 16.3. The van der Waals surface area contributed by atoms with Crippen molar-refractivity contribution >= 4 is 28.4 Å². The SMILES string of the molecule is Cc1occc1C(=O)N1CCCC(C(=O)Nc2cccc(-c3cc4ccccc4[nH]3)c2)C1. The zero-order valence-corrected chi connectivity index (χ0v) is 17.9. The van der Waals surface area contributed by atoms with Gasteiger partial charge in [-0.25, -0.2) is 0 Å². The Balaban J connectivity index is 1.29. The third-order valence-corrected chi connectivity index (χ3v) is 6.14. The number of furan rings is 1. The number of carbonyl (C=O) groups excluding carboxylic acids is 2. The van der Waals surface area contributed by atoms with Gasteiger partial charge >= 0.3 is 0 Å². The Bertz CT molecular complexity index is 1250. The molecule has 1 atom stereocenters. The van der Waals surface area contributed by atoms with E-state index in [1.807, 2.05) is 42.5 Å². The molecular weight excluding hydrogens is 402 g/mol. The number of para-hydroxylation sites is 1. The topological polar surface area (TPSA) is 78.3 Å². The van der Waals surface area contributed by atoms with Gasteiger partial charge in [-0.15, -0.1) is 0 Å². The molecule has 1 aliphatic heterocycles. The minimum Gasteiger partial charge on any atom is -0.469 e. The van der Waals surface area contributed by atoms with E-state index in [1.54, 1.807) is 17.9 Å². The summed E-state index contributed by atoms with van der Waals surface area (Å²) in [4.78, 5) is 31.0. The van der Waals surface area contributed by atoms with E-state index >= 15 is 0 Å². The molecule has 4 aromatic rings. The molecule has 2 aromatic heterocycles. The molecule has 2 N–H and O–H groups in total. The number of aromatic amines is 1. The van der Waals surface area contributed by atoms with Crippen LogP contribution in [0.1, 0.15) is 29.0 Å². The van der Waals surface area contributed by atoms with Crippen LogP contribution in [-0.4, -0.2) is 34.8 Å². The number of nitrogens with zero attached hydrogens (tertiary/aromatic N) is 1. The minimum atomic E-state index is -0.239. The van der Waals surface area contributed by atoms with E-state index in [0.29, 0.717) is 24.4 Å². The van der Waals surface area contributed by atoms with E-state index in [4.69, 9.17) is 4.42 Å². The van der Waals surface area contributed by atoms with Crippen LogP contribution in [0.3, 0.4) is 0 Å². The number of benzene rings is 2. The van der Waals surface area contributed by atoms with Gasteiger partial charge < -0.3 is 19.6 Å². The fourth-order valence-corrected chi connectivity index (χ4v) is 4.39. The highest BCUT2D eigenvalue weighted by atomic mass is 16.3. The summed E-state index contributed by atoms with van der Waals surface area (Å²) in [6.07, 6.45) is 3.09. The molecule has 0 aliphatic carbocycles. The molecule has 32 heavy (non-hydrogen) atoms. The van der Waals surface area contributed by atoms with E-state index in [2.05, 4.69) is 22.4 Å². The van der Waals surface area contributed by atoms with Crippen molar-refractivity contribution in [3.05, 3.63) is 78.3 Å². The number of carbonyl (C=O) groups is 2. The maximum Gasteiger partial charge on any atom is 0.257 e. The van der Waals surface area contributed by atoms with Crippen molar-refractivity contribution in [2.24, 2.45) is 5.92 Å². The number of likely N-dealkylation sites (tertiary alicyclic amines) is 1. The first kappa shape index (κ1) is 20.1. The maximum absolute atomic E-state index is 13.0. The summed E-state index contributed by atoms with van der Waals surface area (Å²) in [6, 6.07) is 19.8. The van der Waals surface area contributed by atoms with Crippen molar-refractivity contribution in [3.8, 4) is 11.3 Å². The summed E-state index contributed by atoms with van der Waals surface area (Å²) in [6.45, 7) is 2.85. The lowest BCUT2D eigenvalue weighted by molar-refractivity contribution is -0.121. The van der Waals surface area contributed by atoms with Crippen LogP contribution in [0.2, 0.25) is 0 Å². The van der Waals surface area contributed by atoms with Gasteiger partial charge in [-0.05, 0) is 50.1 Å². The van der Waals surface area contributed by atoms with Crippen LogP contribution in [-0.2, 0) is 4.79 Å². The molecule has 0 bridgehead atoms. The van der Waals surface area contributed by atoms with Gasteiger partial charge in [-0.1, -0.05) is 30.3 Å². The number of H-pyrrole nitrogens is 1. The Morgan fingerprint density at radius 1 is 1.09 bits per heavy atom. The van der Waals surface area contributed by atoms with Gasteiger partial charge in [0, 0.05) is 40.9 Å². The van der Waals surface area contributed by atoms with Crippen LogP contribution in [0.4, 0.5) is 5.69 Å². The van der Waals surface area contributed by atoms with Crippen molar-refractivity contribution in [2.75, 3.05) is 18.4 Å². The lowest BCUT2D eigenvalue weighted by atomic mass is 9.96. The molecule has 162 valence electrons. The summed E-state index contributed by atoms with van der Waals surface area (Å²) < 4.78 is 5.27. The Hall–Kier alpha value is -3.80. The molecule has 1 aliphatic rings. The van der Waals surface area contributed by atoms with Crippen molar-refractivity contribution in [1.82, 2.24) is 9.88 Å². The number of fused-ring (bicyclic) bond motifs is 1. The van der Waals surface area contributed by atoms with Gasteiger partial charge in [0.05, 0.1) is 17.7 Å². The number of aromatic nitrogens is 1. The summed E-state index contributed by atoms with van der Waals surface area (Å²) >= 11 is 0. The summed E-state index contributed by atoms with van der Waals surface area (Å²) in [7, 11) is 0. The minimum absolute atomic E-state index is 0.0554. The highest BCUT2D eigenvalue weighted by molar-refractivity contribution is 5.97. The average Bonchev–Trinajstić information content (AvgIpc) is 3.45. The lowest BCUT2D eigenvalue weighted by Gasteiger charge is -2.32. The number of aryl methyl sites for hydroxylation is 1. The largest absolute Gasteiger partial charge is 0.469 e. The quantitative estimate of drug-likeness (QED) is 0.468. The van der Waals surface area contributed by atoms with Gasteiger partial charge in [0.15, 0.2) is 0 Å². The molecule has 2 amide bonds. The molecular formula is C26H25N3O3. The molecule has 1 unspecified atom stereocenters. The van der Waals surface area contributed by atoms with Crippen LogP contribution >= 0.6 is 0 Å². The first-order chi connectivity index (χ1) is 15.6. The fraction of sp³-hybridized carbons (Fsp3) is 0.231. The number of hydrogen-bond donors (Lipinski definition) is 2.